The summed E-state index contributed by atoms with van der Waals surface area (Å²) in [7, 11) is 0. The highest BCUT2D eigenvalue weighted by atomic mass is 32.2. The van der Waals surface area contributed by atoms with E-state index in [0.717, 1.165) is 17.9 Å². The van der Waals surface area contributed by atoms with Crippen molar-refractivity contribution in [3.63, 3.8) is 0 Å². The second kappa shape index (κ2) is 6.50. The highest BCUT2D eigenvalue weighted by Gasteiger charge is 2.26. The summed E-state index contributed by atoms with van der Waals surface area (Å²) < 4.78 is 5.18. The van der Waals surface area contributed by atoms with Crippen molar-refractivity contribution < 1.29 is 14.6 Å². The molecule has 1 amide bonds. The van der Waals surface area contributed by atoms with Crippen LogP contribution in [0.4, 0.5) is 4.79 Å². The van der Waals surface area contributed by atoms with Crippen molar-refractivity contribution in [1.82, 2.24) is 5.32 Å². The predicted molar refractivity (Wildman–Crippen MR) is 70.2 cm³/mol. The molecule has 17 heavy (non-hydrogen) atoms. The summed E-state index contributed by atoms with van der Waals surface area (Å²) in [4.78, 5) is 11.5. The number of hydrogen-bond donors (Lipinski definition) is 2. The zero-order valence-corrected chi connectivity index (χ0v) is 11.7. The van der Waals surface area contributed by atoms with E-state index < -0.39 is 5.60 Å². The number of rotatable bonds is 3. The molecule has 2 N–H and O–H groups in total. The Labute approximate surface area is 107 Å². The minimum atomic E-state index is -0.455. The van der Waals surface area contributed by atoms with E-state index in [1.807, 2.05) is 32.5 Å². The normalized spacial score (nSPS) is 25.4. The summed E-state index contributed by atoms with van der Waals surface area (Å²) in [6.45, 7) is 6.34. The highest BCUT2D eigenvalue weighted by molar-refractivity contribution is 7.99. The molecule has 0 radical (unpaired) electrons. The molecule has 0 spiro atoms. The third kappa shape index (κ3) is 5.64. The quantitative estimate of drug-likeness (QED) is 0.814. The molecule has 0 bridgehead atoms. The average molecular weight is 261 g/mol. The summed E-state index contributed by atoms with van der Waals surface area (Å²) in [6, 6.07) is 0. The van der Waals surface area contributed by atoms with Crippen molar-refractivity contribution in [2.24, 2.45) is 11.8 Å². The van der Waals surface area contributed by atoms with Crippen LogP contribution in [-0.2, 0) is 4.74 Å². The van der Waals surface area contributed by atoms with Crippen molar-refractivity contribution in [3.8, 4) is 0 Å². The first-order valence-corrected chi connectivity index (χ1v) is 7.23. The van der Waals surface area contributed by atoms with Gasteiger partial charge >= 0.3 is 6.09 Å². The monoisotopic (exact) mass is 261 g/mol. The maximum Gasteiger partial charge on any atom is 0.407 e. The number of alkyl carbamates (subject to hydrolysis) is 1. The largest absolute Gasteiger partial charge is 0.444 e. The molecular weight excluding hydrogens is 238 g/mol. The lowest BCUT2D eigenvalue weighted by Crippen LogP contribution is -2.39. The lowest BCUT2D eigenvalue weighted by Gasteiger charge is -2.30. The lowest BCUT2D eigenvalue weighted by atomic mass is 9.91. The molecule has 1 heterocycles. The van der Waals surface area contributed by atoms with Crippen molar-refractivity contribution in [3.05, 3.63) is 0 Å². The Morgan fingerprint density at radius 2 is 2.18 bits per heavy atom. The third-order valence-corrected chi connectivity index (χ3v) is 3.96. The van der Waals surface area contributed by atoms with Gasteiger partial charge in [-0.05, 0) is 50.5 Å². The molecule has 5 heteroatoms. The van der Waals surface area contributed by atoms with E-state index in [1.54, 1.807) is 0 Å². The zero-order valence-electron chi connectivity index (χ0n) is 10.9. The van der Waals surface area contributed by atoms with Gasteiger partial charge < -0.3 is 15.2 Å². The smallest absolute Gasteiger partial charge is 0.407 e. The fourth-order valence-corrected chi connectivity index (χ4v) is 3.16. The molecule has 1 fully saturated rings. The molecule has 0 aliphatic carbocycles. The molecule has 1 aliphatic heterocycles. The van der Waals surface area contributed by atoms with Crippen molar-refractivity contribution >= 4 is 17.9 Å². The van der Waals surface area contributed by atoms with Gasteiger partial charge in [0.05, 0.1) is 0 Å². The van der Waals surface area contributed by atoms with Crippen molar-refractivity contribution in [2.75, 3.05) is 24.7 Å². The van der Waals surface area contributed by atoms with Gasteiger partial charge in [-0.15, -0.1) is 0 Å². The minimum absolute atomic E-state index is 0.202. The van der Waals surface area contributed by atoms with E-state index in [1.165, 1.54) is 0 Å². The molecule has 0 aromatic carbocycles. The number of carbonyl (C=O) groups is 1. The van der Waals surface area contributed by atoms with Gasteiger partial charge in [0.25, 0.3) is 0 Å². The first kappa shape index (κ1) is 14.6. The summed E-state index contributed by atoms with van der Waals surface area (Å²) >= 11 is 1.87. The van der Waals surface area contributed by atoms with Gasteiger partial charge in [0, 0.05) is 13.2 Å². The second-order valence-corrected chi connectivity index (χ2v) is 6.60. The molecule has 0 aromatic rings. The first-order chi connectivity index (χ1) is 7.92. The van der Waals surface area contributed by atoms with Crippen LogP contribution in [-0.4, -0.2) is 41.5 Å². The predicted octanol–water partition coefficient (Wildman–Crippen LogP) is 1.87. The Kier molecular flexibility index (Phi) is 5.59. The number of thioether (sulfide) groups is 1. The van der Waals surface area contributed by atoms with Crippen LogP contribution < -0.4 is 5.32 Å². The number of amides is 1. The number of aliphatic hydroxyl groups is 1. The van der Waals surface area contributed by atoms with Gasteiger partial charge in [0.2, 0.25) is 0 Å². The second-order valence-electron chi connectivity index (χ2n) is 5.45. The van der Waals surface area contributed by atoms with E-state index in [-0.39, 0.29) is 12.7 Å². The summed E-state index contributed by atoms with van der Waals surface area (Å²) in [5, 5.41) is 12.0. The van der Waals surface area contributed by atoms with Gasteiger partial charge in [0.15, 0.2) is 0 Å². The fourth-order valence-electron chi connectivity index (χ4n) is 1.84. The van der Waals surface area contributed by atoms with Crippen LogP contribution in [0.3, 0.4) is 0 Å². The number of hydrogen-bond acceptors (Lipinski definition) is 4. The molecule has 4 nitrogen and oxygen atoms in total. The zero-order chi connectivity index (χ0) is 12.9. The van der Waals surface area contributed by atoms with Gasteiger partial charge in [0.1, 0.15) is 5.60 Å². The van der Waals surface area contributed by atoms with E-state index >= 15 is 0 Å². The Hall–Kier alpha value is -0.420. The standard InChI is InChI=1S/C12H23NO3S/c1-12(2,3)16-11(15)13-6-9-4-5-17-8-10(9)7-14/h9-10,14H,4-8H2,1-3H3,(H,13,15)/t9-,10+/m0/s1. The van der Waals surface area contributed by atoms with E-state index in [4.69, 9.17) is 4.74 Å². The lowest BCUT2D eigenvalue weighted by molar-refractivity contribution is 0.0507. The van der Waals surface area contributed by atoms with E-state index in [0.29, 0.717) is 18.4 Å². The SMILES string of the molecule is CC(C)(C)OC(=O)NC[C@@H]1CCSC[C@H]1CO. The highest BCUT2D eigenvalue weighted by Crippen LogP contribution is 2.27. The van der Waals surface area contributed by atoms with Gasteiger partial charge in [-0.25, -0.2) is 4.79 Å². The molecule has 0 unspecified atom stereocenters. The molecule has 0 saturated carbocycles. The van der Waals surface area contributed by atoms with E-state index in [9.17, 15) is 9.90 Å². The molecule has 1 rings (SSSR count). The Bertz CT molecular complexity index is 253. The minimum Gasteiger partial charge on any atom is -0.444 e. The van der Waals surface area contributed by atoms with Gasteiger partial charge in [-0.3, -0.25) is 0 Å². The molecule has 2 atom stereocenters. The van der Waals surface area contributed by atoms with Crippen LogP contribution in [0.1, 0.15) is 27.2 Å². The van der Waals surface area contributed by atoms with Crippen LogP contribution in [0.15, 0.2) is 0 Å². The van der Waals surface area contributed by atoms with Crippen LogP contribution in [0.5, 0.6) is 0 Å². The molecule has 1 aliphatic rings. The maximum absolute atomic E-state index is 11.5. The van der Waals surface area contributed by atoms with Crippen LogP contribution >= 0.6 is 11.8 Å². The topological polar surface area (TPSA) is 58.6 Å². The maximum atomic E-state index is 11.5. The van der Waals surface area contributed by atoms with Crippen LogP contribution in [0.2, 0.25) is 0 Å². The van der Waals surface area contributed by atoms with Crippen molar-refractivity contribution in [2.45, 2.75) is 32.8 Å². The number of aliphatic hydroxyl groups excluding tert-OH is 1. The van der Waals surface area contributed by atoms with Gasteiger partial charge in [-0.1, -0.05) is 0 Å². The first-order valence-electron chi connectivity index (χ1n) is 6.08. The van der Waals surface area contributed by atoms with Crippen LogP contribution in [0, 0.1) is 11.8 Å². The van der Waals surface area contributed by atoms with Gasteiger partial charge in [-0.2, -0.15) is 11.8 Å². The van der Waals surface area contributed by atoms with E-state index in [2.05, 4.69) is 5.32 Å². The average Bonchev–Trinajstić information content (AvgIpc) is 2.24. The number of ether oxygens (including phenoxy) is 1. The molecule has 100 valence electrons. The number of nitrogens with one attached hydrogen (secondary N) is 1. The van der Waals surface area contributed by atoms with Crippen LogP contribution in [0.25, 0.3) is 0 Å². The summed E-state index contributed by atoms with van der Waals surface area (Å²) in [5.41, 5.74) is -0.455. The molecule has 1 saturated heterocycles. The summed E-state index contributed by atoms with van der Waals surface area (Å²) in [6.07, 6.45) is 0.679. The summed E-state index contributed by atoms with van der Waals surface area (Å²) in [5.74, 6) is 2.76. The Balaban J connectivity index is 2.31. The number of carbonyl (C=O) groups excluding carboxylic acids is 1. The third-order valence-electron chi connectivity index (χ3n) is 2.77. The Morgan fingerprint density at radius 1 is 1.47 bits per heavy atom. The Morgan fingerprint density at radius 3 is 2.76 bits per heavy atom. The fraction of sp³-hybridized carbons (Fsp3) is 0.917. The van der Waals surface area contributed by atoms with Crippen molar-refractivity contribution in [1.29, 1.82) is 0 Å². The molecule has 0 aromatic heterocycles. The molecular formula is C12H23NO3S.